The highest BCUT2D eigenvalue weighted by Crippen LogP contribution is 2.53. The summed E-state index contributed by atoms with van der Waals surface area (Å²) in [5, 5.41) is 32.7. The van der Waals surface area contributed by atoms with Crippen LogP contribution in [0.4, 0.5) is 26.3 Å². The molecule has 1 aromatic rings. The molecule has 0 amide bonds. The minimum Gasteiger partial charge on any atom is -0.453 e. The minimum atomic E-state index is -5.36. The molecule has 37 heavy (non-hydrogen) atoms. The maximum absolute atomic E-state index is 13.6. The lowest BCUT2D eigenvalue weighted by Crippen LogP contribution is -2.77. The fourth-order valence-electron chi connectivity index (χ4n) is 5.42. The van der Waals surface area contributed by atoms with Crippen LogP contribution >= 0.6 is 0 Å². The van der Waals surface area contributed by atoms with Gasteiger partial charge in [0.05, 0.1) is 29.3 Å². The first-order chi connectivity index (χ1) is 16.9. The number of aliphatic hydroxyl groups excluding tert-OH is 1. The van der Waals surface area contributed by atoms with Crippen molar-refractivity contribution in [1.82, 2.24) is 9.96 Å². The molecular weight excluding hydrogens is 518 g/mol. The number of nitrogens with zero attached hydrogens (tertiary/aromatic N) is 4. The van der Waals surface area contributed by atoms with Crippen molar-refractivity contribution in [3.8, 4) is 0 Å². The summed E-state index contributed by atoms with van der Waals surface area (Å²) in [6.45, 7) is 1.77. The number of guanidine groups is 2. The molecule has 17 heteroatoms. The topological polar surface area (TPSA) is 170 Å². The van der Waals surface area contributed by atoms with E-state index in [1.54, 1.807) is 0 Å². The van der Waals surface area contributed by atoms with Gasteiger partial charge in [-0.3, -0.25) is 5.21 Å². The lowest BCUT2D eigenvalue weighted by Gasteiger charge is -2.52. The molecule has 1 fully saturated rings. The molecule has 3 heterocycles. The van der Waals surface area contributed by atoms with Crippen LogP contribution in [-0.4, -0.2) is 85.4 Å². The number of ether oxygens (including phenoxy) is 1. The number of nitrogens with two attached hydrogens (primary N) is 2. The lowest BCUT2D eigenvalue weighted by molar-refractivity contribution is -0.229. The average molecular weight is 540 g/mol. The summed E-state index contributed by atoms with van der Waals surface area (Å²) in [6.07, 6.45) is -12.2. The van der Waals surface area contributed by atoms with E-state index < -0.39 is 83.1 Å². The van der Waals surface area contributed by atoms with Gasteiger partial charge in [0.1, 0.15) is 17.7 Å². The van der Waals surface area contributed by atoms with Crippen molar-refractivity contribution in [2.75, 3.05) is 6.61 Å². The van der Waals surface area contributed by atoms with Crippen LogP contribution in [-0.2, 0) is 17.1 Å². The van der Waals surface area contributed by atoms with Crippen LogP contribution in [0, 0.1) is 0 Å². The number of carbonyl (C=O) groups excluding carboxylic acids is 1. The van der Waals surface area contributed by atoms with E-state index in [0.29, 0.717) is 11.1 Å². The highest BCUT2D eigenvalue weighted by atomic mass is 19.4. The molecule has 1 spiro atoms. The Morgan fingerprint density at radius 1 is 1.14 bits per heavy atom. The molecule has 1 saturated heterocycles. The number of carbonyl (C=O) groups is 1. The summed E-state index contributed by atoms with van der Waals surface area (Å²) >= 11 is 0. The third-order valence-electron chi connectivity index (χ3n) is 6.94. The standard InChI is InChI=1S/C20H22F6N6O5/c1-7-13(37-14(34)9-4-3-8(19(21,22)23)5-10(9)20(24,25)26)17(2,35)18-12(30-16(28)32(18)36)11(6-33)29-15(27)31(7)18/h3-5,7,11-13,33,35-36H,6H2,1-2H3,(H2,27,29)(H2,28,30). The Bertz CT molecular complexity index is 1190. The molecule has 6 unspecified atom stereocenters. The zero-order valence-corrected chi connectivity index (χ0v) is 19.1. The SMILES string of the molecule is CC1C(OC(=O)c2ccc(C(F)(F)F)cc2C(F)(F)F)C(C)(O)C23C(N=C(N)N2O)C(CO)N=C(N)N13. The van der Waals surface area contributed by atoms with E-state index in [-0.39, 0.29) is 18.1 Å². The Balaban J connectivity index is 1.78. The number of halogens is 6. The number of hydrogen-bond acceptors (Lipinski definition) is 11. The monoisotopic (exact) mass is 540 g/mol. The molecule has 1 aromatic carbocycles. The van der Waals surface area contributed by atoms with Gasteiger partial charge in [-0.2, -0.15) is 31.4 Å². The Hall–Kier alpha value is -3.31. The molecule has 4 rings (SSSR count). The zero-order valence-electron chi connectivity index (χ0n) is 19.1. The number of rotatable bonds is 3. The predicted molar refractivity (Wildman–Crippen MR) is 112 cm³/mol. The van der Waals surface area contributed by atoms with Gasteiger partial charge in [-0.15, -0.1) is 0 Å². The summed E-state index contributed by atoms with van der Waals surface area (Å²) in [5.41, 5.74) is 2.53. The molecule has 0 aromatic heterocycles. The number of aliphatic hydroxyl groups is 2. The van der Waals surface area contributed by atoms with Crippen molar-refractivity contribution in [2.45, 2.75) is 61.7 Å². The fraction of sp³-hybridized carbons (Fsp3) is 0.550. The van der Waals surface area contributed by atoms with E-state index in [9.17, 15) is 46.6 Å². The third-order valence-corrected chi connectivity index (χ3v) is 6.94. The van der Waals surface area contributed by atoms with E-state index in [1.165, 1.54) is 6.92 Å². The number of benzene rings is 1. The van der Waals surface area contributed by atoms with Crippen molar-refractivity contribution in [3.05, 3.63) is 34.9 Å². The van der Waals surface area contributed by atoms with Gasteiger partial charge in [0.2, 0.25) is 11.6 Å². The molecule has 3 aliphatic heterocycles. The first-order valence-corrected chi connectivity index (χ1v) is 10.7. The van der Waals surface area contributed by atoms with Crippen molar-refractivity contribution >= 4 is 17.9 Å². The first-order valence-electron chi connectivity index (χ1n) is 10.7. The van der Waals surface area contributed by atoms with Crippen molar-refractivity contribution in [1.29, 1.82) is 0 Å². The van der Waals surface area contributed by atoms with Gasteiger partial charge >= 0.3 is 18.3 Å². The van der Waals surface area contributed by atoms with E-state index in [1.807, 2.05) is 0 Å². The van der Waals surface area contributed by atoms with E-state index in [4.69, 9.17) is 16.2 Å². The third kappa shape index (κ3) is 3.58. The molecule has 11 nitrogen and oxygen atoms in total. The van der Waals surface area contributed by atoms with Crippen LogP contribution in [0.25, 0.3) is 0 Å². The maximum Gasteiger partial charge on any atom is 0.417 e. The van der Waals surface area contributed by atoms with E-state index in [2.05, 4.69) is 9.98 Å². The van der Waals surface area contributed by atoms with Gasteiger partial charge in [0, 0.05) is 0 Å². The second-order valence-electron chi connectivity index (χ2n) is 9.05. The Morgan fingerprint density at radius 2 is 1.76 bits per heavy atom. The molecular formula is C20H22F6N6O5. The van der Waals surface area contributed by atoms with Gasteiger partial charge in [0.15, 0.2) is 12.1 Å². The van der Waals surface area contributed by atoms with Crippen LogP contribution in [0.1, 0.15) is 35.3 Å². The molecule has 0 aliphatic carbocycles. The summed E-state index contributed by atoms with van der Waals surface area (Å²) in [6, 6.07) is -3.17. The Morgan fingerprint density at radius 3 is 2.30 bits per heavy atom. The molecule has 6 atom stereocenters. The molecule has 0 radical (unpaired) electrons. The summed E-state index contributed by atoms with van der Waals surface area (Å²) in [5.74, 6) is -2.55. The van der Waals surface area contributed by atoms with E-state index in [0.717, 1.165) is 11.8 Å². The minimum absolute atomic E-state index is 0.220. The maximum atomic E-state index is 13.6. The van der Waals surface area contributed by atoms with Crippen LogP contribution in [0.5, 0.6) is 0 Å². The van der Waals surface area contributed by atoms with Crippen LogP contribution < -0.4 is 11.5 Å². The molecule has 3 aliphatic rings. The highest BCUT2D eigenvalue weighted by molar-refractivity contribution is 5.92. The second kappa shape index (κ2) is 8.09. The highest BCUT2D eigenvalue weighted by Gasteiger charge is 2.77. The summed E-state index contributed by atoms with van der Waals surface area (Å²) in [4.78, 5) is 22.2. The fourth-order valence-corrected chi connectivity index (χ4v) is 5.42. The van der Waals surface area contributed by atoms with Crippen LogP contribution in [0.3, 0.4) is 0 Å². The van der Waals surface area contributed by atoms with Crippen molar-refractivity contribution < 1.29 is 51.3 Å². The van der Waals surface area contributed by atoms with Gasteiger partial charge < -0.3 is 31.3 Å². The Kier molecular flexibility index (Phi) is 5.85. The predicted octanol–water partition coefficient (Wildman–Crippen LogP) is 0.478. The molecule has 0 bridgehead atoms. The number of aliphatic imine (C=N–C) groups is 2. The molecule has 0 saturated carbocycles. The second-order valence-corrected chi connectivity index (χ2v) is 9.05. The smallest absolute Gasteiger partial charge is 0.417 e. The van der Waals surface area contributed by atoms with Crippen molar-refractivity contribution in [2.24, 2.45) is 21.5 Å². The average Bonchev–Trinajstić information content (AvgIpc) is 3.15. The van der Waals surface area contributed by atoms with Crippen molar-refractivity contribution in [3.63, 3.8) is 0 Å². The molecule has 204 valence electrons. The van der Waals surface area contributed by atoms with Gasteiger partial charge in [0.25, 0.3) is 0 Å². The Labute approximate surface area is 204 Å². The molecule has 7 N–H and O–H groups in total. The quantitative estimate of drug-likeness (QED) is 0.270. The number of hydroxylamine groups is 2. The summed E-state index contributed by atoms with van der Waals surface area (Å²) in [7, 11) is 0. The largest absolute Gasteiger partial charge is 0.453 e. The first kappa shape index (κ1) is 26.7. The zero-order chi connectivity index (χ0) is 27.9. The van der Waals surface area contributed by atoms with Crippen LogP contribution in [0.2, 0.25) is 0 Å². The number of esters is 1. The summed E-state index contributed by atoms with van der Waals surface area (Å²) < 4.78 is 85.1. The normalized spacial score (nSPS) is 33.6. The van der Waals surface area contributed by atoms with Crippen LogP contribution in [0.15, 0.2) is 28.2 Å². The van der Waals surface area contributed by atoms with E-state index >= 15 is 0 Å². The lowest BCUT2D eigenvalue weighted by atomic mass is 9.79. The number of alkyl halides is 6. The van der Waals surface area contributed by atoms with Gasteiger partial charge in [-0.1, -0.05) is 0 Å². The van der Waals surface area contributed by atoms with Gasteiger partial charge in [-0.25, -0.2) is 14.8 Å². The van der Waals surface area contributed by atoms with Gasteiger partial charge in [-0.05, 0) is 32.0 Å². The number of hydrogen-bond donors (Lipinski definition) is 5.